The molecule has 2 spiro atoms. The summed E-state index contributed by atoms with van der Waals surface area (Å²) in [6.07, 6.45) is 10.2. The molecular formula is C22H32O7. The highest BCUT2D eigenvalue weighted by atomic mass is 16.8. The normalized spacial score (nSPS) is 45.7. The smallest absolute Gasteiger partial charge is 0.306 e. The van der Waals surface area contributed by atoms with E-state index in [1.165, 1.54) is 12.8 Å². The van der Waals surface area contributed by atoms with Crippen LogP contribution in [0, 0.1) is 0 Å². The Kier molecular flexibility index (Phi) is 4.69. The van der Waals surface area contributed by atoms with Crippen molar-refractivity contribution in [3.8, 4) is 0 Å². The van der Waals surface area contributed by atoms with Crippen molar-refractivity contribution in [2.75, 3.05) is 6.61 Å². The Balaban J connectivity index is 1.26. The van der Waals surface area contributed by atoms with Crippen LogP contribution < -0.4 is 0 Å². The maximum atomic E-state index is 12.0. The quantitative estimate of drug-likeness (QED) is 0.618. The Labute approximate surface area is 171 Å². The van der Waals surface area contributed by atoms with E-state index in [0.29, 0.717) is 19.4 Å². The first-order chi connectivity index (χ1) is 14.2. The van der Waals surface area contributed by atoms with Crippen LogP contribution in [0.2, 0.25) is 0 Å². The first-order valence-electron chi connectivity index (χ1n) is 11.7. The topological polar surface area (TPSA) is 72.5 Å². The molecule has 6 fully saturated rings. The van der Waals surface area contributed by atoms with E-state index in [1.807, 2.05) is 0 Å². The molecule has 0 amide bonds. The van der Waals surface area contributed by atoms with E-state index in [9.17, 15) is 4.79 Å². The highest BCUT2D eigenvalue weighted by Crippen LogP contribution is 2.49. The molecular weight excluding hydrogens is 376 g/mol. The third kappa shape index (κ3) is 3.24. The summed E-state index contributed by atoms with van der Waals surface area (Å²) in [5.41, 5.74) is 0. The third-order valence-corrected chi connectivity index (χ3v) is 7.75. The van der Waals surface area contributed by atoms with Crippen molar-refractivity contribution in [3.63, 3.8) is 0 Å². The van der Waals surface area contributed by atoms with Crippen molar-refractivity contribution in [3.05, 3.63) is 0 Å². The maximum absolute atomic E-state index is 12.0. The summed E-state index contributed by atoms with van der Waals surface area (Å²) in [5.74, 6) is -1.17. The molecule has 0 aromatic rings. The van der Waals surface area contributed by atoms with Gasteiger partial charge in [-0.25, -0.2) is 0 Å². The number of hydrogen-bond acceptors (Lipinski definition) is 7. The van der Waals surface area contributed by atoms with Crippen molar-refractivity contribution in [1.82, 2.24) is 0 Å². The molecule has 0 aromatic carbocycles. The maximum Gasteiger partial charge on any atom is 0.306 e. The number of hydrogen-bond donors (Lipinski definition) is 0. The van der Waals surface area contributed by atoms with Crippen molar-refractivity contribution < 1.29 is 33.2 Å². The van der Waals surface area contributed by atoms with E-state index in [-0.39, 0.29) is 42.6 Å². The summed E-state index contributed by atoms with van der Waals surface area (Å²) >= 11 is 0. The van der Waals surface area contributed by atoms with Crippen molar-refractivity contribution >= 4 is 5.97 Å². The third-order valence-electron chi connectivity index (χ3n) is 7.75. The van der Waals surface area contributed by atoms with Crippen LogP contribution in [-0.2, 0) is 33.2 Å². The average Bonchev–Trinajstić information content (AvgIpc) is 3.31. The van der Waals surface area contributed by atoms with Gasteiger partial charge in [-0.2, -0.15) is 0 Å². The molecule has 2 aliphatic carbocycles. The lowest BCUT2D eigenvalue weighted by Crippen LogP contribution is -2.62. The minimum absolute atomic E-state index is 0.159. The van der Waals surface area contributed by atoms with Crippen molar-refractivity contribution in [2.45, 2.75) is 125 Å². The molecule has 0 aromatic heterocycles. The molecule has 0 bridgehead atoms. The van der Waals surface area contributed by atoms with Gasteiger partial charge in [0.25, 0.3) is 0 Å². The van der Waals surface area contributed by atoms with Gasteiger partial charge in [0.2, 0.25) is 0 Å². The van der Waals surface area contributed by atoms with Gasteiger partial charge >= 0.3 is 5.97 Å². The predicted octanol–water partition coefficient (Wildman–Crippen LogP) is 2.98. The molecule has 7 nitrogen and oxygen atoms in total. The Morgan fingerprint density at radius 3 is 2.07 bits per heavy atom. The van der Waals surface area contributed by atoms with E-state index in [0.717, 1.165) is 51.4 Å². The summed E-state index contributed by atoms with van der Waals surface area (Å²) in [6.45, 7) is 0.529. The second kappa shape index (κ2) is 7.16. The SMILES string of the molecule is O=C1CC[C@@H]2O[C@@H]([C@H]3COC4(CCCCC4)O3)[C@H]3OC4(CCCCC4)O[C@H]3[C@H]2O1. The number of esters is 1. The molecule has 6 atom stereocenters. The Morgan fingerprint density at radius 2 is 1.34 bits per heavy atom. The molecule has 7 heteroatoms. The zero-order chi connectivity index (χ0) is 19.5. The van der Waals surface area contributed by atoms with E-state index < -0.39 is 11.6 Å². The van der Waals surface area contributed by atoms with Gasteiger partial charge in [0.15, 0.2) is 17.7 Å². The number of carbonyl (C=O) groups excluding carboxylic acids is 1. The van der Waals surface area contributed by atoms with Gasteiger partial charge in [0, 0.05) is 32.1 Å². The van der Waals surface area contributed by atoms with Crippen LogP contribution in [0.5, 0.6) is 0 Å². The van der Waals surface area contributed by atoms with Crippen LogP contribution in [0.25, 0.3) is 0 Å². The lowest BCUT2D eigenvalue weighted by molar-refractivity contribution is -0.251. The molecule has 4 aliphatic heterocycles. The molecule has 0 unspecified atom stereocenters. The van der Waals surface area contributed by atoms with E-state index in [1.54, 1.807) is 0 Å². The van der Waals surface area contributed by atoms with E-state index >= 15 is 0 Å². The van der Waals surface area contributed by atoms with Gasteiger partial charge in [-0.3, -0.25) is 4.79 Å². The molecule has 162 valence electrons. The standard InChI is InChI=1S/C22H32O7/c23-16-8-7-14-17(26-16)19-20(29-22(28-19)11-5-2-6-12-22)18(25-14)15-13-24-21(27-15)9-3-1-4-10-21/h14-15,17-20H,1-13H2/t14-,15+,17-,18-,19-,20+/m0/s1. The molecule has 2 saturated carbocycles. The molecule has 4 saturated heterocycles. The minimum atomic E-state index is -0.560. The van der Waals surface area contributed by atoms with Crippen LogP contribution in [0.4, 0.5) is 0 Å². The monoisotopic (exact) mass is 408 g/mol. The van der Waals surface area contributed by atoms with Crippen LogP contribution in [-0.4, -0.2) is 60.8 Å². The summed E-state index contributed by atoms with van der Waals surface area (Å²) in [5, 5.41) is 0. The van der Waals surface area contributed by atoms with Gasteiger partial charge in [-0.15, -0.1) is 0 Å². The summed E-state index contributed by atoms with van der Waals surface area (Å²) < 4.78 is 38.1. The van der Waals surface area contributed by atoms with Gasteiger partial charge in [-0.05, 0) is 32.1 Å². The van der Waals surface area contributed by atoms with Crippen molar-refractivity contribution in [2.24, 2.45) is 0 Å². The fraction of sp³-hybridized carbons (Fsp3) is 0.955. The van der Waals surface area contributed by atoms with Gasteiger partial charge in [0.05, 0.1) is 12.7 Å². The van der Waals surface area contributed by atoms with Gasteiger partial charge in [-0.1, -0.05) is 12.8 Å². The summed E-state index contributed by atoms with van der Waals surface area (Å²) in [6, 6.07) is 0. The second-order valence-corrected chi connectivity index (χ2v) is 9.71. The second-order valence-electron chi connectivity index (χ2n) is 9.71. The summed E-state index contributed by atoms with van der Waals surface area (Å²) in [7, 11) is 0. The molecule has 0 N–H and O–H groups in total. The van der Waals surface area contributed by atoms with Gasteiger partial charge < -0.3 is 28.4 Å². The number of fused-ring (bicyclic) bond motifs is 3. The summed E-state index contributed by atoms with van der Waals surface area (Å²) in [4.78, 5) is 12.0. The van der Waals surface area contributed by atoms with E-state index in [4.69, 9.17) is 28.4 Å². The average molecular weight is 408 g/mol. The minimum Gasteiger partial charge on any atom is -0.457 e. The lowest BCUT2D eigenvalue weighted by Gasteiger charge is -2.45. The van der Waals surface area contributed by atoms with E-state index in [2.05, 4.69) is 0 Å². The fourth-order valence-electron chi connectivity index (χ4n) is 6.30. The van der Waals surface area contributed by atoms with Crippen LogP contribution in [0.3, 0.4) is 0 Å². The Bertz CT molecular complexity index is 639. The first kappa shape index (κ1) is 19.0. The molecule has 0 radical (unpaired) electrons. The Morgan fingerprint density at radius 1 is 0.690 bits per heavy atom. The van der Waals surface area contributed by atoms with Crippen LogP contribution in [0.1, 0.15) is 77.0 Å². The molecule has 4 heterocycles. The molecule has 29 heavy (non-hydrogen) atoms. The highest BCUT2D eigenvalue weighted by molar-refractivity contribution is 5.70. The number of ether oxygens (including phenoxy) is 6. The number of carbonyl (C=O) groups is 1. The fourth-order valence-corrected chi connectivity index (χ4v) is 6.30. The molecule has 6 rings (SSSR count). The van der Waals surface area contributed by atoms with Gasteiger partial charge in [0.1, 0.15) is 24.4 Å². The lowest BCUT2D eigenvalue weighted by atomic mass is 9.89. The zero-order valence-corrected chi connectivity index (χ0v) is 17.0. The predicted molar refractivity (Wildman–Crippen MR) is 100.0 cm³/mol. The first-order valence-corrected chi connectivity index (χ1v) is 11.7. The zero-order valence-electron chi connectivity index (χ0n) is 17.0. The van der Waals surface area contributed by atoms with Crippen LogP contribution >= 0.6 is 0 Å². The highest BCUT2D eigenvalue weighted by Gasteiger charge is 2.62. The number of rotatable bonds is 1. The molecule has 6 aliphatic rings. The van der Waals surface area contributed by atoms with Crippen molar-refractivity contribution in [1.29, 1.82) is 0 Å². The van der Waals surface area contributed by atoms with Crippen LogP contribution in [0.15, 0.2) is 0 Å². The largest absolute Gasteiger partial charge is 0.457 e. The Hall–Kier alpha value is -0.730.